The van der Waals surface area contributed by atoms with Gasteiger partial charge in [-0.2, -0.15) is 0 Å². The molecule has 1 aliphatic rings. The third-order valence-electron chi connectivity index (χ3n) is 6.47. The van der Waals surface area contributed by atoms with Crippen LogP contribution < -0.4 is 0 Å². The zero-order chi connectivity index (χ0) is 21.3. The minimum atomic E-state index is -1.05. The fourth-order valence-corrected chi connectivity index (χ4v) is 4.88. The Morgan fingerprint density at radius 2 is 1.83 bits per heavy atom. The fraction of sp³-hybridized carbons (Fsp3) is 0.440. The Morgan fingerprint density at radius 3 is 2.57 bits per heavy atom. The molecule has 2 heterocycles. The molecule has 3 nitrogen and oxygen atoms in total. The molecule has 30 heavy (non-hydrogen) atoms. The van der Waals surface area contributed by atoms with Gasteiger partial charge in [-0.25, -0.2) is 4.39 Å². The second-order valence-corrected chi connectivity index (χ2v) is 9.05. The van der Waals surface area contributed by atoms with Crippen molar-refractivity contribution in [1.82, 2.24) is 9.47 Å². The Bertz CT molecular complexity index is 1030. The van der Waals surface area contributed by atoms with E-state index in [0.29, 0.717) is 13.0 Å². The topological polar surface area (TPSA) is 28.4 Å². The first kappa shape index (κ1) is 21.4. The van der Waals surface area contributed by atoms with E-state index < -0.39 is 5.60 Å². The number of likely N-dealkylation sites (N-methyl/N-ethyl adjacent to an activating group) is 1. The first-order chi connectivity index (χ1) is 14.4. The Labute approximate surface area is 183 Å². The van der Waals surface area contributed by atoms with E-state index in [2.05, 4.69) is 35.6 Å². The monoisotopic (exact) mass is 428 g/mol. The Balaban J connectivity index is 1.83. The van der Waals surface area contributed by atoms with Crippen molar-refractivity contribution in [2.24, 2.45) is 0 Å². The largest absolute Gasteiger partial charge is 0.383 e. The highest BCUT2D eigenvalue weighted by atomic mass is 35.5. The zero-order valence-corrected chi connectivity index (χ0v) is 18.6. The Morgan fingerprint density at radius 1 is 1.10 bits per heavy atom. The summed E-state index contributed by atoms with van der Waals surface area (Å²) in [4.78, 5) is 2.35. The highest BCUT2D eigenvalue weighted by molar-refractivity contribution is 6.31. The quantitative estimate of drug-likeness (QED) is 0.558. The van der Waals surface area contributed by atoms with E-state index in [1.54, 1.807) is 12.1 Å². The normalized spacial score (nSPS) is 17.0. The first-order valence-corrected chi connectivity index (χ1v) is 11.3. The van der Waals surface area contributed by atoms with Crippen molar-refractivity contribution >= 4 is 22.5 Å². The van der Waals surface area contributed by atoms with E-state index >= 15 is 0 Å². The van der Waals surface area contributed by atoms with E-state index in [0.717, 1.165) is 54.9 Å². The van der Waals surface area contributed by atoms with Crippen molar-refractivity contribution in [3.8, 4) is 0 Å². The van der Waals surface area contributed by atoms with Crippen LogP contribution in [0.1, 0.15) is 43.0 Å². The Hall–Kier alpha value is -1.88. The van der Waals surface area contributed by atoms with Crippen LogP contribution >= 0.6 is 11.6 Å². The molecule has 1 aliphatic heterocycles. The lowest BCUT2D eigenvalue weighted by Gasteiger charge is -2.31. The van der Waals surface area contributed by atoms with Gasteiger partial charge in [0.25, 0.3) is 0 Å². The summed E-state index contributed by atoms with van der Waals surface area (Å²) in [5.74, 6) is -0.283. The van der Waals surface area contributed by atoms with E-state index in [1.807, 2.05) is 6.07 Å². The summed E-state index contributed by atoms with van der Waals surface area (Å²) < 4.78 is 15.8. The molecule has 0 amide bonds. The van der Waals surface area contributed by atoms with Crippen LogP contribution in [0.4, 0.5) is 4.39 Å². The summed E-state index contributed by atoms with van der Waals surface area (Å²) >= 11 is 6.35. The number of nitrogens with zero attached hydrogens (tertiary/aromatic N) is 2. The van der Waals surface area contributed by atoms with Crippen LogP contribution in [0.25, 0.3) is 10.9 Å². The predicted molar refractivity (Wildman–Crippen MR) is 122 cm³/mol. The van der Waals surface area contributed by atoms with Crippen molar-refractivity contribution < 1.29 is 9.50 Å². The average molecular weight is 429 g/mol. The molecule has 0 saturated heterocycles. The van der Waals surface area contributed by atoms with E-state index in [9.17, 15) is 9.50 Å². The van der Waals surface area contributed by atoms with Crippen LogP contribution in [0.5, 0.6) is 0 Å². The number of rotatable bonds is 6. The van der Waals surface area contributed by atoms with Crippen molar-refractivity contribution in [2.45, 2.75) is 51.2 Å². The molecular weight excluding hydrogens is 399 g/mol. The molecule has 1 N–H and O–H groups in total. The van der Waals surface area contributed by atoms with Gasteiger partial charge in [0.15, 0.2) is 0 Å². The molecule has 1 aromatic heterocycles. The van der Waals surface area contributed by atoms with Gasteiger partial charge in [0.05, 0.1) is 6.54 Å². The SMILES string of the molecule is CCCCC(O)(Cn1c2c(c3cc(Cl)ccc31)CCN(C)CC2)c1ccc(F)cc1. The van der Waals surface area contributed by atoms with Gasteiger partial charge < -0.3 is 14.6 Å². The van der Waals surface area contributed by atoms with Gasteiger partial charge in [-0.3, -0.25) is 0 Å². The second-order valence-electron chi connectivity index (χ2n) is 8.62. The molecule has 5 heteroatoms. The standard InChI is InChI=1S/C25H30ClFN2O/c1-3-4-13-25(30,18-5-8-20(27)9-6-18)17-29-23-10-7-19(26)16-22(23)21-11-14-28(2)15-12-24(21)29/h5-10,16,30H,3-4,11-15,17H2,1-2H3. The summed E-state index contributed by atoms with van der Waals surface area (Å²) in [6.45, 7) is 4.58. The van der Waals surface area contributed by atoms with Crippen LogP contribution in [0.3, 0.4) is 0 Å². The van der Waals surface area contributed by atoms with Crippen LogP contribution in [0, 0.1) is 5.82 Å². The van der Waals surface area contributed by atoms with Gasteiger partial charge in [0, 0.05) is 41.1 Å². The molecule has 0 bridgehead atoms. The van der Waals surface area contributed by atoms with Gasteiger partial charge in [-0.1, -0.05) is 43.5 Å². The van der Waals surface area contributed by atoms with Gasteiger partial charge in [-0.05, 0) is 61.3 Å². The molecule has 4 rings (SSSR count). The summed E-state index contributed by atoms with van der Waals surface area (Å²) in [6.07, 6.45) is 4.44. The lowest BCUT2D eigenvalue weighted by Crippen LogP contribution is -2.32. The molecule has 2 aromatic carbocycles. The first-order valence-electron chi connectivity index (χ1n) is 10.9. The summed E-state index contributed by atoms with van der Waals surface area (Å²) in [5.41, 5.74) is 3.46. The number of aromatic nitrogens is 1. The summed E-state index contributed by atoms with van der Waals surface area (Å²) in [6, 6.07) is 12.4. The maximum atomic E-state index is 13.6. The maximum absolute atomic E-state index is 13.6. The molecule has 160 valence electrons. The minimum Gasteiger partial charge on any atom is -0.383 e. The zero-order valence-electron chi connectivity index (χ0n) is 17.8. The van der Waals surface area contributed by atoms with E-state index in [1.165, 1.54) is 28.8 Å². The van der Waals surface area contributed by atoms with Gasteiger partial charge in [0.1, 0.15) is 11.4 Å². The van der Waals surface area contributed by atoms with Gasteiger partial charge in [0.2, 0.25) is 0 Å². The predicted octanol–water partition coefficient (Wildman–Crippen LogP) is 5.54. The molecule has 0 aliphatic carbocycles. The third kappa shape index (κ3) is 4.14. The fourth-order valence-electron chi connectivity index (χ4n) is 4.71. The molecule has 3 aromatic rings. The number of unbranched alkanes of at least 4 members (excludes halogenated alkanes) is 1. The third-order valence-corrected chi connectivity index (χ3v) is 6.70. The van der Waals surface area contributed by atoms with Crippen LogP contribution in [0.2, 0.25) is 5.02 Å². The van der Waals surface area contributed by atoms with Crippen LogP contribution in [-0.4, -0.2) is 34.7 Å². The number of halogens is 2. The molecule has 0 fully saturated rings. The summed E-state index contributed by atoms with van der Waals surface area (Å²) in [5, 5.41) is 13.8. The van der Waals surface area contributed by atoms with Crippen LogP contribution in [-0.2, 0) is 25.0 Å². The number of benzene rings is 2. The van der Waals surface area contributed by atoms with Crippen molar-refractivity contribution in [3.05, 3.63) is 70.1 Å². The number of fused-ring (bicyclic) bond motifs is 3. The molecule has 0 radical (unpaired) electrons. The summed E-state index contributed by atoms with van der Waals surface area (Å²) in [7, 11) is 2.15. The molecule has 1 unspecified atom stereocenters. The number of hydrogen-bond acceptors (Lipinski definition) is 2. The maximum Gasteiger partial charge on any atom is 0.123 e. The average Bonchev–Trinajstić information content (AvgIpc) is 2.86. The van der Waals surface area contributed by atoms with Crippen molar-refractivity contribution in [3.63, 3.8) is 0 Å². The van der Waals surface area contributed by atoms with E-state index in [4.69, 9.17) is 11.6 Å². The second kappa shape index (κ2) is 8.70. The highest BCUT2D eigenvalue weighted by Gasteiger charge is 2.32. The highest BCUT2D eigenvalue weighted by Crippen LogP contribution is 2.36. The number of aliphatic hydroxyl groups is 1. The molecule has 0 spiro atoms. The molecule has 0 saturated carbocycles. The minimum absolute atomic E-state index is 0.283. The van der Waals surface area contributed by atoms with E-state index in [-0.39, 0.29) is 5.82 Å². The number of hydrogen-bond donors (Lipinski definition) is 1. The molecule has 1 atom stereocenters. The smallest absolute Gasteiger partial charge is 0.123 e. The lowest BCUT2D eigenvalue weighted by atomic mass is 9.88. The van der Waals surface area contributed by atoms with Crippen molar-refractivity contribution in [2.75, 3.05) is 20.1 Å². The van der Waals surface area contributed by atoms with Crippen molar-refractivity contribution in [1.29, 1.82) is 0 Å². The molecular formula is C25H30ClFN2O. The van der Waals surface area contributed by atoms with Gasteiger partial charge >= 0.3 is 0 Å². The lowest BCUT2D eigenvalue weighted by molar-refractivity contribution is 0.00792. The van der Waals surface area contributed by atoms with Crippen LogP contribution in [0.15, 0.2) is 42.5 Å². The Kier molecular flexibility index (Phi) is 6.19. The van der Waals surface area contributed by atoms with Gasteiger partial charge in [-0.15, -0.1) is 0 Å².